The molecular weight excluding hydrogens is 418 g/mol. The molecule has 0 bridgehead atoms. The summed E-state index contributed by atoms with van der Waals surface area (Å²) < 4.78 is 11.4. The molecule has 1 aromatic carbocycles. The largest absolute Gasteiger partial charge is 0.491 e. The van der Waals surface area contributed by atoms with Crippen LogP contribution < -0.4 is 19.9 Å². The molecule has 2 aliphatic rings. The molecule has 0 radical (unpaired) electrons. The van der Waals surface area contributed by atoms with Crippen molar-refractivity contribution in [3.8, 4) is 17.1 Å². The van der Waals surface area contributed by atoms with Gasteiger partial charge in [-0.15, -0.1) is 0 Å². The molecule has 2 N–H and O–H groups in total. The van der Waals surface area contributed by atoms with E-state index < -0.39 is 6.10 Å². The second kappa shape index (κ2) is 11.6. The van der Waals surface area contributed by atoms with Crippen molar-refractivity contribution in [2.75, 3.05) is 63.4 Å². The summed E-state index contributed by atoms with van der Waals surface area (Å²) >= 11 is 0. The van der Waals surface area contributed by atoms with E-state index >= 15 is 0 Å². The average Bonchev–Trinajstić information content (AvgIpc) is 2.88. The molecule has 3 heterocycles. The molecule has 0 saturated carbocycles. The molecular formula is C25H37N5O3. The maximum absolute atomic E-state index is 9.97. The van der Waals surface area contributed by atoms with Crippen LogP contribution in [0.3, 0.4) is 0 Å². The number of hydrogen-bond acceptors (Lipinski definition) is 8. The predicted molar refractivity (Wildman–Crippen MR) is 131 cm³/mol. The van der Waals surface area contributed by atoms with Crippen molar-refractivity contribution in [1.82, 2.24) is 15.3 Å². The normalized spacial score (nSPS) is 18.2. The number of anilines is 2. The SMILES string of the molecule is CNCC(O)COc1cccc(-c2nc(N3CCCCC3)cc(N(C)C3CCOCC3)n2)c1. The first-order valence-corrected chi connectivity index (χ1v) is 12.1. The van der Waals surface area contributed by atoms with Gasteiger partial charge >= 0.3 is 0 Å². The standard InChI is InChI=1S/C25H37N5O3/c1-26-17-21(31)18-33-22-8-6-7-19(15-22)25-27-23(29(2)20-9-13-32-14-10-20)16-24(28-25)30-11-4-3-5-12-30/h6-8,15-16,20-21,26,31H,3-5,9-14,17-18H2,1-2H3. The quantitative estimate of drug-likeness (QED) is 0.597. The maximum atomic E-state index is 9.97. The van der Waals surface area contributed by atoms with Crippen LogP contribution in [0.15, 0.2) is 30.3 Å². The Kier molecular flexibility index (Phi) is 8.36. The highest BCUT2D eigenvalue weighted by Gasteiger charge is 2.23. The van der Waals surface area contributed by atoms with Crippen LogP contribution in [0.1, 0.15) is 32.1 Å². The average molecular weight is 456 g/mol. The van der Waals surface area contributed by atoms with Gasteiger partial charge in [0.15, 0.2) is 5.82 Å². The molecule has 2 aliphatic heterocycles. The lowest BCUT2D eigenvalue weighted by atomic mass is 10.1. The molecule has 4 rings (SSSR count). The maximum Gasteiger partial charge on any atom is 0.163 e. The summed E-state index contributed by atoms with van der Waals surface area (Å²) in [5, 5.41) is 12.9. The number of aliphatic hydroxyl groups is 1. The van der Waals surface area contributed by atoms with Gasteiger partial charge in [0.25, 0.3) is 0 Å². The lowest BCUT2D eigenvalue weighted by molar-refractivity contribution is 0.0853. The van der Waals surface area contributed by atoms with E-state index in [1.165, 1.54) is 19.3 Å². The molecule has 1 atom stereocenters. The zero-order valence-corrected chi connectivity index (χ0v) is 19.9. The van der Waals surface area contributed by atoms with Crippen molar-refractivity contribution in [2.45, 2.75) is 44.2 Å². The number of likely N-dealkylation sites (N-methyl/N-ethyl adjacent to an activating group) is 1. The number of hydrogen-bond donors (Lipinski definition) is 2. The molecule has 180 valence electrons. The molecule has 2 fully saturated rings. The van der Waals surface area contributed by atoms with Crippen molar-refractivity contribution in [2.24, 2.45) is 0 Å². The van der Waals surface area contributed by atoms with Gasteiger partial charge in [-0.05, 0) is 51.3 Å². The number of ether oxygens (including phenoxy) is 2. The zero-order chi connectivity index (χ0) is 23.0. The summed E-state index contributed by atoms with van der Waals surface area (Å²) in [5.41, 5.74) is 0.913. The van der Waals surface area contributed by atoms with Crippen LogP contribution >= 0.6 is 0 Å². The number of aromatic nitrogens is 2. The summed E-state index contributed by atoms with van der Waals surface area (Å²) in [6.45, 7) is 4.38. The van der Waals surface area contributed by atoms with Crippen LogP contribution in [0, 0.1) is 0 Å². The predicted octanol–water partition coefficient (Wildman–Crippen LogP) is 2.71. The van der Waals surface area contributed by atoms with Gasteiger partial charge in [0.1, 0.15) is 30.1 Å². The molecule has 0 spiro atoms. The molecule has 2 aromatic rings. The number of piperidine rings is 1. The second-order valence-corrected chi connectivity index (χ2v) is 8.96. The first-order chi connectivity index (χ1) is 16.1. The van der Waals surface area contributed by atoms with Crippen LogP contribution in [-0.2, 0) is 4.74 Å². The van der Waals surface area contributed by atoms with Crippen LogP contribution in [0.25, 0.3) is 11.4 Å². The fourth-order valence-electron chi connectivity index (χ4n) is 4.49. The van der Waals surface area contributed by atoms with Gasteiger partial charge in [-0.1, -0.05) is 12.1 Å². The van der Waals surface area contributed by atoms with Gasteiger partial charge < -0.3 is 29.7 Å². The third-order valence-electron chi connectivity index (χ3n) is 6.45. The third-order valence-corrected chi connectivity index (χ3v) is 6.45. The van der Waals surface area contributed by atoms with E-state index in [4.69, 9.17) is 19.4 Å². The Bertz CT molecular complexity index is 884. The summed E-state index contributed by atoms with van der Waals surface area (Å²) in [5.74, 6) is 3.34. The van der Waals surface area contributed by atoms with E-state index in [0.29, 0.717) is 24.2 Å². The molecule has 0 amide bonds. The molecule has 2 saturated heterocycles. The summed E-state index contributed by atoms with van der Waals surface area (Å²) in [7, 11) is 3.94. The zero-order valence-electron chi connectivity index (χ0n) is 19.9. The van der Waals surface area contributed by atoms with Gasteiger partial charge in [-0.3, -0.25) is 0 Å². The minimum absolute atomic E-state index is 0.233. The fraction of sp³-hybridized carbons (Fsp3) is 0.600. The highest BCUT2D eigenvalue weighted by Crippen LogP contribution is 2.29. The molecule has 1 aromatic heterocycles. The highest BCUT2D eigenvalue weighted by molar-refractivity contribution is 5.64. The van der Waals surface area contributed by atoms with E-state index in [1.54, 1.807) is 0 Å². The van der Waals surface area contributed by atoms with Crippen molar-refractivity contribution >= 4 is 11.6 Å². The smallest absolute Gasteiger partial charge is 0.163 e. The monoisotopic (exact) mass is 455 g/mol. The Balaban J connectivity index is 1.61. The van der Waals surface area contributed by atoms with Gasteiger partial charge in [0.2, 0.25) is 0 Å². The Morgan fingerprint density at radius 3 is 2.73 bits per heavy atom. The molecule has 0 aliphatic carbocycles. The third kappa shape index (κ3) is 6.34. The van der Waals surface area contributed by atoms with E-state index in [2.05, 4.69) is 28.2 Å². The van der Waals surface area contributed by atoms with Crippen molar-refractivity contribution in [3.05, 3.63) is 30.3 Å². The first kappa shape index (κ1) is 23.7. The first-order valence-electron chi connectivity index (χ1n) is 12.1. The highest BCUT2D eigenvalue weighted by atomic mass is 16.5. The summed E-state index contributed by atoms with van der Waals surface area (Å²) in [6, 6.07) is 10.4. The number of aliphatic hydroxyl groups excluding tert-OH is 1. The van der Waals surface area contributed by atoms with Crippen LogP contribution in [-0.4, -0.2) is 80.8 Å². The van der Waals surface area contributed by atoms with Crippen LogP contribution in [0.4, 0.5) is 11.6 Å². The minimum atomic E-state index is -0.558. The molecule has 33 heavy (non-hydrogen) atoms. The van der Waals surface area contributed by atoms with E-state index in [1.807, 2.05) is 31.3 Å². The number of rotatable bonds is 9. The van der Waals surface area contributed by atoms with Gasteiger partial charge in [0.05, 0.1) is 0 Å². The van der Waals surface area contributed by atoms with Crippen molar-refractivity contribution < 1.29 is 14.6 Å². The lowest BCUT2D eigenvalue weighted by Crippen LogP contribution is -2.37. The van der Waals surface area contributed by atoms with Crippen LogP contribution in [0.2, 0.25) is 0 Å². The Hall–Kier alpha value is -2.42. The Morgan fingerprint density at radius 1 is 1.18 bits per heavy atom. The Labute approximate surface area is 196 Å². The molecule has 1 unspecified atom stereocenters. The lowest BCUT2D eigenvalue weighted by Gasteiger charge is -2.33. The van der Waals surface area contributed by atoms with Crippen LogP contribution in [0.5, 0.6) is 5.75 Å². The molecule has 8 nitrogen and oxygen atoms in total. The van der Waals surface area contributed by atoms with Crippen molar-refractivity contribution in [3.63, 3.8) is 0 Å². The van der Waals surface area contributed by atoms with Gasteiger partial charge in [0, 0.05) is 57.6 Å². The van der Waals surface area contributed by atoms with E-state index in [-0.39, 0.29) is 6.61 Å². The number of benzene rings is 1. The summed E-state index contributed by atoms with van der Waals surface area (Å²) in [4.78, 5) is 14.6. The minimum Gasteiger partial charge on any atom is -0.491 e. The Morgan fingerprint density at radius 2 is 1.97 bits per heavy atom. The van der Waals surface area contributed by atoms with Gasteiger partial charge in [-0.25, -0.2) is 9.97 Å². The van der Waals surface area contributed by atoms with E-state index in [0.717, 1.165) is 56.3 Å². The molecule has 8 heteroatoms. The topological polar surface area (TPSA) is 83.0 Å². The van der Waals surface area contributed by atoms with Gasteiger partial charge in [-0.2, -0.15) is 0 Å². The second-order valence-electron chi connectivity index (χ2n) is 8.96. The van der Waals surface area contributed by atoms with E-state index in [9.17, 15) is 5.11 Å². The van der Waals surface area contributed by atoms with Crippen molar-refractivity contribution in [1.29, 1.82) is 0 Å². The fourth-order valence-corrected chi connectivity index (χ4v) is 4.49. The summed E-state index contributed by atoms with van der Waals surface area (Å²) in [6.07, 6.45) is 5.13. The number of nitrogens with one attached hydrogen (secondary N) is 1. The number of nitrogens with zero attached hydrogens (tertiary/aromatic N) is 4.